The molecule has 1 saturated heterocycles. The SMILES string of the molecule is CCc1cc(O[C@@H]2CN(C(=O)c3ccc(C)cc3)C2(C)C)ccc1C#N. The van der Waals surface area contributed by atoms with E-state index >= 15 is 0 Å². The second-order valence-electron chi connectivity index (χ2n) is 7.33. The normalized spacial score (nSPS) is 18.0. The van der Waals surface area contributed by atoms with E-state index in [-0.39, 0.29) is 17.6 Å². The minimum atomic E-state index is -0.387. The van der Waals surface area contributed by atoms with Crippen molar-refractivity contribution >= 4 is 5.91 Å². The van der Waals surface area contributed by atoms with Crippen LogP contribution in [-0.2, 0) is 6.42 Å². The Morgan fingerprint density at radius 3 is 2.54 bits per heavy atom. The van der Waals surface area contributed by atoms with Gasteiger partial charge in [-0.2, -0.15) is 5.26 Å². The molecule has 0 radical (unpaired) electrons. The van der Waals surface area contributed by atoms with Crippen LogP contribution in [0.25, 0.3) is 0 Å². The molecule has 0 saturated carbocycles. The molecule has 0 aliphatic carbocycles. The van der Waals surface area contributed by atoms with E-state index in [0.717, 1.165) is 23.3 Å². The van der Waals surface area contributed by atoms with Crippen molar-refractivity contribution in [2.75, 3.05) is 6.54 Å². The van der Waals surface area contributed by atoms with Crippen LogP contribution in [0.3, 0.4) is 0 Å². The Kier molecular flexibility index (Phi) is 4.73. The lowest BCUT2D eigenvalue weighted by Gasteiger charge is -2.54. The van der Waals surface area contributed by atoms with Crippen LogP contribution < -0.4 is 4.74 Å². The van der Waals surface area contributed by atoms with Crippen molar-refractivity contribution in [2.45, 2.75) is 45.8 Å². The van der Waals surface area contributed by atoms with Crippen molar-refractivity contribution in [1.29, 1.82) is 5.26 Å². The van der Waals surface area contributed by atoms with Gasteiger partial charge in [-0.05, 0) is 63.1 Å². The maximum Gasteiger partial charge on any atom is 0.254 e. The van der Waals surface area contributed by atoms with E-state index in [1.807, 2.05) is 69.0 Å². The van der Waals surface area contributed by atoms with Gasteiger partial charge in [0, 0.05) is 5.56 Å². The predicted molar refractivity (Wildman–Crippen MR) is 101 cm³/mol. The van der Waals surface area contributed by atoms with Crippen molar-refractivity contribution in [3.63, 3.8) is 0 Å². The molecule has 1 atom stereocenters. The summed E-state index contributed by atoms with van der Waals surface area (Å²) in [6.45, 7) is 8.64. The number of carbonyl (C=O) groups is 1. The first-order valence-electron chi connectivity index (χ1n) is 8.95. The molecule has 3 rings (SSSR count). The number of hydrogen-bond acceptors (Lipinski definition) is 3. The first kappa shape index (κ1) is 18.0. The molecule has 26 heavy (non-hydrogen) atoms. The van der Waals surface area contributed by atoms with E-state index < -0.39 is 0 Å². The predicted octanol–water partition coefficient (Wildman–Crippen LogP) is 4.11. The average molecular weight is 348 g/mol. The van der Waals surface area contributed by atoms with Crippen molar-refractivity contribution < 1.29 is 9.53 Å². The zero-order valence-electron chi connectivity index (χ0n) is 15.7. The summed E-state index contributed by atoms with van der Waals surface area (Å²) >= 11 is 0. The third kappa shape index (κ3) is 3.17. The summed E-state index contributed by atoms with van der Waals surface area (Å²) in [4.78, 5) is 14.6. The Hall–Kier alpha value is -2.80. The standard InChI is InChI=1S/C22H24N2O2/c1-5-16-12-19(11-10-18(16)13-23)26-20-14-24(22(20,3)4)21(25)17-8-6-15(2)7-9-17/h6-12,20H,5,14H2,1-4H3/t20-/m1/s1. The molecule has 1 fully saturated rings. The Balaban J connectivity index is 1.72. The Morgan fingerprint density at radius 2 is 1.96 bits per heavy atom. The number of nitrogens with zero attached hydrogens (tertiary/aromatic N) is 2. The number of ether oxygens (including phenoxy) is 1. The number of benzene rings is 2. The molecule has 1 heterocycles. The molecule has 0 aromatic heterocycles. The molecule has 134 valence electrons. The van der Waals surface area contributed by atoms with Crippen LogP contribution in [-0.4, -0.2) is 29.0 Å². The van der Waals surface area contributed by atoms with Gasteiger partial charge in [0.05, 0.1) is 23.7 Å². The third-order valence-corrected chi connectivity index (χ3v) is 5.23. The summed E-state index contributed by atoms with van der Waals surface area (Å²) in [6.07, 6.45) is 0.709. The van der Waals surface area contributed by atoms with Crippen molar-refractivity contribution in [2.24, 2.45) is 0 Å². The topological polar surface area (TPSA) is 53.3 Å². The molecule has 0 spiro atoms. The minimum absolute atomic E-state index is 0.0314. The molecular weight excluding hydrogens is 324 g/mol. The van der Waals surface area contributed by atoms with Gasteiger partial charge in [0.2, 0.25) is 0 Å². The zero-order chi connectivity index (χ0) is 18.9. The van der Waals surface area contributed by atoms with E-state index in [9.17, 15) is 4.79 Å². The highest BCUT2D eigenvalue weighted by Gasteiger charge is 2.50. The molecule has 1 amide bonds. The molecule has 4 nitrogen and oxygen atoms in total. The highest BCUT2D eigenvalue weighted by Crippen LogP contribution is 2.35. The fourth-order valence-electron chi connectivity index (χ4n) is 3.27. The summed E-state index contributed by atoms with van der Waals surface area (Å²) < 4.78 is 6.14. The Labute approximate surface area is 155 Å². The summed E-state index contributed by atoms with van der Waals surface area (Å²) in [5.74, 6) is 0.783. The molecule has 0 unspecified atom stereocenters. The number of nitriles is 1. The molecule has 2 aromatic carbocycles. The first-order valence-corrected chi connectivity index (χ1v) is 8.95. The highest BCUT2D eigenvalue weighted by atomic mass is 16.5. The van der Waals surface area contributed by atoms with Crippen LogP contribution in [0.1, 0.15) is 47.8 Å². The molecule has 1 aliphatic heterocycles. The monoisotopic (exact) mass is 348 g/mol. The highest BCUT2D eigenvalue weighted by molar-refractivity contribution is 5.95. The van der Waals surface area contributed by atoms with Crippen molar-refractivity contribution in [3.05, 3.63) is 64.7 Å². The van der Waals surface area contributed by atoms with E-state index in [1.165, 1.54) is 0 Å². The van der Waals surface area contributed by atoms with Crippen LogP contribution >= 0.6 is 0 Å². The number of amides is 1. The first-order chi connectivity index (χ1) is 12.4. The summed E-state index contributed by atoms with van der Waals surface area (Å²) in [7, 11) is 0. The smallest absolute Gasteiger partial charge is 0.254 e. The lowest BCUT2D eigenvalue weighted by molar-refractivity contribution is -0.0788. The fourth-order valence-corrected chi connectivity index (χ4v) is 3.27. The summed E-state index contributed by atoms with van der Waals surface area (Å²) in [5.41, 5.74) is 3.12. The summed E-state index contributed by atoms with van der Waals surface area (Å²) in [6, 6.07) is 15.4. The maximum atomic E-state index is 12.8. The number of hydrogen-bond donors (Lipinski definition) is 0. The average Bonchev–Trinajstić information content (AvgIpc) is 2.64. The summed E-state index contributed by atoms with van der Waals surface area (Å²) in [5, 5.41) is 9.15. The molecule has 2 aromatic rings. The van der Waals surface area contributed by atoms with Gasteiger partial charge in [-0.1, -0.05) is 24.6 Å². The zero-order valence-corrected chi connectivity index (χ0v) is 15.7. The van der Waals surface area contributed by atoms with Crippen LogP contribution in [0.15, 0.2) is 42.5 Å². The minimum Gasteiger partial charge on any atom is -0.486 e. The van der Waals surface area contributed by atoms with Crippen molar-refractivity contribution in [1.82, 2.24) is 4.90 Å². The van der Waals surface area contributed by atoms with Gasteiger partial charge < -0.3 is 9.64 Å². The van der Waals surface area contributed by atoms with Gasteiger partial charge in [-0.3, -0.25) is 4.79 Å². The van der Waals surface area contributed by atoms with Gasteiger partial charge in [0.25, 0.3) is 5.91 Å². The number of rotatable bonds is 4. The quantitative estimate of drug-likeness (QED) is 0.835. The lowest BCUT2D eigenvalue weighted by Crippen LogP contribution is -2.71. The Bertz CT molecular complexity index is 863. The fraction of sp³-hybridized carbons (Fsp3) is 0.364. The van der Waals surface area contributed by atoms with Crippen LogP contribution in [0, 0.1) is 18.3 Å². The largest absolute Gasteiger partial charge is 0.486 e. The van der Waals surface area contributed by atoms with Gasteiger partial charge in [-0.25, -0.2) is 0 Å². The Morgan fingerprint density at radius 1 is 1.27 bits per heavy atom. The second-order valence-corrected chi connectivity index (χ2v) is 7.33. The molecule has 1 aliphatic rings. The maximum absolute atomic E-state index is 12.8. The van der Waals surface area contributed by atoms with Crippen molar-refractivity contribution in [3.8, 4) is 11.8 Å². The second kappa shape index (κ2) is 6.84. The van der Waals surface area contributed by atoms with E-state index in [4.69, 9.17) is 10.00 Å². The third-order valence-electron chi connectivity index (χ3n) is 5.23. The van der Waals surface area contributed by atoms with Gasteiger partial charge in [-0.15, -0.1) is 0 Å². The molecular formula is C22H24N2O2. The number of carbonyl (C=O) groups excluding carboxylic acids is 1. The molecule has 4 heteroatoms. The van der Waals surface area contributed by atoms with Gasteiger partial charge >= 0.3 is 0 Å². The van der Waals surface area contributed by atoms with E-state index in [0.29, 0.717) is 17.7 Å². The van der Waals surface area contributed by atoms with Gasteiger partial charge in [0.1, 0.15) is 11.9 Å². The van der Waals surface area contributed by atoms with Crippen LogP contribution in [0.4, 0.5) is 0 Å². The number of aryl methyl sites for hydroxylation is 2. The number of likely N-dealkylation sites (tertiary alicyclic amines) is 1. The molecule has 0 bridgehead atoms. The van der Waals surface area contributed by atoms with E-state index in [1.54, 1.807) is 6.07 Å². The van der Waals surface area contributed by atoms with E-state index in [2.05, 4.69) is 6.07 Å². The molecule has 0 N–H and O–H groups in total. The van der Waals surface area contributed by atoms with Crippen LogP contribution in [0.2, 0.25) is 0 Å². The van der Waals surface area contributed by atoms with Gasteiger partial charge in [0.15, 0.2) is 0 Å². The lowest BCUT2D eigenvalue weighted by atomic mass is 9.84. The van der Waals surface area contributed by atoms with Crippen LogP contribution in [0.5, 0.6) is 5.75 Å².